The molecule has 3 heterocycles. The molecule has 2 aliphatic rings. The fourth-order valence-electron chi connectivity index (χ4n) is 4.96. The number of piperidine rings is 1. The van der Waals surface area contributed by atoms with Gasteiger partial charge in [-0.3, -0.25) is 14.7 Å². The Labute approximate surface area is 194 Å². The Bertz CT molecular complexity index is 693. The molecule has 7 heteroatoms. The van der Waals surface area contributed by atoms with Crippen LogP contribution in [0.4, 0.5) is 0 Å². The normalized spacial score (nSPS) is 20.8. The van der Waals surface area contributed by atoms with Crippen LogP contribution in [0.15, 0.2) is 27.8 Å². The fourth-order valence-corrected chi connectivity index (χ4v) is 4.96. The van der Waals surface area contributed by atoms with Crippen LogP contribution in [0.1, 0.15) is 65.1 Å². The van der Waals surface area contributed by atoms with Crippen molar-refractivity contribution in [2.45, 2.75) is 77.8 Å². The highest BCUT2D eigenvalue weighted by atomic mass is 16.3. The van der Waals surface area contributed by atoms with Gasteiger partial charge in [-0.2, -0.15) is 0 Å². The molecule has 2 saturated heterocycles. The molecule has 32 heavy (non-hydrogen) atoms. The van der Waals surface area contributed by atoms with Gasteiger partial charge < -0.3 is 20.0 Å². The van der Waals surface area contributed by atoms with Crippen molar-refractivity contribution < 1.29 is 9.21 Å². The molecule has 7 nitrogen and oxygen atoms in total. The van der Waals surface area contributed by atoms with Crippen molar-refractivity contribution in [2.75, 3.05) is 39.3 Å². The lowest BCUT2D eigenvalue weighted by Crippen LogP contribution is -2.51. The molecular formula is C25H43N5O2. The van der Waals surface area contributed by atoms with Crippen molar-refractivity contribution >= 4 is 11.9 Å². The smallest absolute Gasteiger partial charge is 0.225 e. The monoisotopic (exact) mass is 445 g/mol. The molecular weight excluding hydrogens is 402 g/mol. The van der Waals surface area contributed by atoms with Crippen LogP contribution in [0.2, 0.25) is 0 Å². The molecule has 2 fully saturated rings. The molecule has 2 aliphatic heterocycles. The third-order valence-corrected chi connectivity index (χ3v) is 7.09. The van der Waals surface area contributed by atoms with Crippen molar-refractivity contribution in [3.05, 3.63) is 24.2 Å². The van der Waals surface area contributed by atoms with Crippen molar-refractivity contribution in [3.8, 4) is 0 Å². The molecule has 2 N–H and O–H groups in total. The number of carbonyl (C=O) groups excluding carboxylic acids is 1. The molecule has 180 valence electrons. The highest BCUT2D eigenvalue weighted by Gasteiger charge is 2.27. The Morgan fingerprint density at radius 1 is 1.19 bits per heavy atom. The van der Waals surface area contributed by atoms with Crippen LogP contribution >= 0.6 is 0 Å². The zero-order valence-electron chi connectivity index (χ0n) is 20.3. The maximum Gasteiger partial charge on any atom is 0.225 e. The molecule has 0 aromatic carbocycles. The number of guanidine groups is 1. The van der Waals surface area contributed by atoms with Crippen molar-refractivity contribution in [1.82, 2.24) is 20.4 Å². The van der Waals surface area contributed by atoms with Gasteiger partial charge in [-0.1, -0.05) is 20.8 Å². The van der Waals surface area contributed by atoms with Crippen LogP contribution in [0, 0.1) is 5.92 Å². The first-order valence-electron chi connectivity index (χ1n) is 12.7. The van der Waals surface area contributed by atoms with Gasteiger partial charge in [-0.15, -0.1) is 0 Å². The van der Waals surface area contributed by atoms with E-state index in [0.717, 1.165) is 76.5 Å². The molecule has 0 bridgehead atoms. The third kappa shape index (κ3) is 6.99. The zero-order valence-corrected chi connectivity index (χ0v) is 20.3. The molecule has 3 rings (SSSR count). The minimum atomic E-state index is 0.174. The van der Waals surface area contributed by atoms with E-state index in [0.29, 0.717) is 18.0 Å². The number of rotatable bonds is 10. The summed E-state index contributed by atoms with van der Waals surface area (Å²) in [7, 11) is 0. The SMILES string of the molecule is CCC(CC)C(=O)N1CCC(NC(=NCC2CCCN2CC)NCCc2ccco2)CC1. The quantitative estimate of drug-likeness (QED) is 0.427. The number of likely N-dealkylation sites (N-methyl/N-ethyl adjacent to an activating group) is 1. The molecule has 1 aromatic heterocycles. The summed E-state index contributed by atoms with van der Waals surface area (Å²) in [6, 6.07) is 4.83. The number of likely N-dealkylation sites (tertiary alicyclic amines) is 2. The van der Waals surface area contributed by atoms with E-state index in [9.17, 15) is 4.79 Å². The van der Waals surface area contributed by atoms with Gasteiger partial charge in [-0.05, 0) is 63.7 Å². The van der Waals surface area contributed by atoms with Crippen LogP contribution < -0.4 is 10.6 Å². The van der Waals surface area contributed by atoms with E-state index in [1.54, 1.807) is 6.26 Å². The second kappa shape index (κ2) is 12.9. The Kier molecular flexibility index (Phi) is 9.90. The van der Waals surface area contributed by atoms with Gasteiger partial charge >= 0.3 is 0 Å². The lowest BCUT2D eigenvalue weighted by atomic mass is 9.98. The van der Waals surface area contributed by atoms with Crippen LogP contribution in [-0.2, 0) is 11.2 Å². The van der Waals surface area contributed by atoms with Crippen LogP contribution in [0.25, 0.3) is 0 Å². The standard InChI is InChI=1S/C25H43N5O2/c1-4-20(5-2)24(31)30-16-12-21(13-17-30)28-25(26-14-11-23-10-8-18-32-23)27-19-22-9-7-15-29(22)6-3/h8,10,18,20-22H,4-7,9,11-17,19H2,1-3H3,(H2,26,27,28). The summed E-state index contributed by atoms with van der Waals surface area (Å²) < 4.78 is 5.46. The summed E-state index contributed by atoms with van der Waals surface area (Å²) in [6.45, 7) is 12.0. The Hall–Kier alpha value is -2.02. The Balaban J connectivity index is 1.53. The highest BCUT2D eigenvalue weighted by Crippen LogP contribution is 2.18. The zero-order chi connectivity index (χ0) is 22.8. The predicted octanol–water partition coefficient (Wildman–Crippen LogP) is 3.27. The molecule has 0 radical (unpaired) electrons. The van der Waals surface area contributed by atoms with Crippen LogP contribution in [0.5, 0.6) is 0 Å². The van der Waals surface area contributed by atoms with E-state index in [1.165, 1.54) is 19.4 Å². The number of hydrogen-bond acceptors (Lipinski definition) is 4. The maximum atomic E-state index is 12.7. The lowest BCUT2D eigenvalue weighted by Gasteiger charge is -2.35. The largest absolute Gasteiger partial charge is 0.469 e. The Morgan fingerprint density at radius 3 is 2.62 bits per heavy atom. The molecule has 1 aromatic rings. The Morgan fingerprint density at radius 2 is 1.97 bits per heavy atom. The van der Waals surface area contributed by atoms with E-state index in [1.807, 2.05) is 12.1 Å². The van der Waals surface area contributed by atoms with E-state index in [4.69, 9.17) is 9.41 Å². The molecule has 1 atom stereocenters. The number of nitrogens with one attached hydrogen (secondary N) is 2. The maximum absolute atomic E-state index is 12.7. The number of carbonyl (C=O) groups is 1. The van der Waals surface area contributed by atoms with Crippen molar-refractivity contribution in [2.24, 2.45) is 10.9 Å². The average Bonchev–Trinajstić information content (AvgIpc) is 3.50. The van der Waals surface area contributed by atoms with E-state index in [-0.39, 0.29) is 5.92 Å². The molecule has 0 aliphatic carbocycles. The summed E-state index contributed by atoms with van der Waals surface area (Å²) in [4.78, 5) is 22.3. The van der Waals surface area contributed by atoms with E-state index >= 15 is 0 Å². The summed E-state index contributed by atoms with van der Waals surface area (Å²) in [6.07, 6.45) is 8.85. The fraction of sp³-hybridized carbons (Fsp3) is 0.760. The topological polar surface area (TPSA) is 73.1 Å². The lowest BCUT2D eigenvalue weighted by molar-refractivity contribution is -0.136. The summed E-state index contributed by atoms with van der Waals surface area (Å²) in [5.74, 6) is 2.38. The second-order valence-electron chi connectivity index (χ2n) is 9.13. The first-order chi connectivity index (χ1) is 15.6. The van der Waals surface area contributed by atoms with Gasteiger partial charge in [0.15, 0.2) is 5.96 Å². The van der Waals surface area contributed by atoms with Gasteiger partial charge in [0.25, 0.3) is 0 Å². The van der Waals surface area contributed by atoms with Gasteiger partial charge in [0.2, 0.25) is 5.91 Å². The van der Waals surface area contributed by atoms with Gasteiger partial charge in [0.1, 0.15) is 5.76 Å². The first-order valence-corrected chi connectivity index (χ1v) is 12.7. The molecule has 1 amide bonds. The number of aliphatic imine (C=N–C) groups is 1. The predicted molar refractivity (Wildman–Crippen MR) is 130 cm³/mol. The highest BCUT2D eigenvalue weighted by molar-refractivity contribution is 5.80. The number of amides is 1. The van der Waals surface area contributed by atoms with Crippen LogP contribution in [0.3, 0.4) is 0 Å². The summed E-state index contributed by atoms with van der Waals surface area (Å²) in [5, 5.41) is 7.17. The third-order valence-electron chi connectivity index (χ3n) is 7.09. The summed E-state index contributed by atoms with van der Waals surface area (Å²) >= 11 is 0. The van der Waals surface area contributed by atoms with E-state index < -0.39 is 0 Å². The number of nitrogens with zero attached hydrogens (tertiary/aromatic N) is 3. The molecule has 0 spiro atoms. The molecule has 1 unspecified atom stereocenters. The first kappa shape index (κ1) is 24.6. The molecule has 0 saturated carbocycles. The number of hydrogen-bond donors (Lipinski definition) is 2. The van der Waals surface area contributed by atoms with Gasteiger partial charge in [0.05, 0.1) is 12.8 Å². The van der Waals surface area contributed by atoms with Crippen molar-refractivity contribution in [1.29, 1.82) is 0 Å². The van der Waals surface area contributed by atoms with E-state index in [2.05, 4.69) is 41.2 Å². The van der Waals surface area contributed by atoms with Crippen molar-refractivity contribution in [3.63, 3.8) is 0 Å². The van der Waals surface area contributed by atoms with Gasteiger partial charge in [-0.25, -0.2) is 0 Å². The number of furan rings is 1. The van der Waals surface area contributed by atoms with Gasteiger partial charge in [0, 0.05) is 44.1 Å². The minimum absolute atomic E-state index is 0.174. The second-order valence-corrected chi connectivity index (χ2v) is 9.13. The van der Waals surface area contributed by atoms with Crippen LogP contribution in [-0.4, -0.2) is 73.0 Å². The summed E-state index contributed by atoms with van der Waals surface area (Å²) in [5.41, 5.74) is 0. The average molecular weight is 446 g/mol. The minimum Gasteiger partial charge on any atom is -0.469 e.